The van der Waals surface area contributed by atoms with Gasteiger partial charge in [0.05, 0.1) is 13.2 Å². The molecule has 3 aliphatic heterocycles. The van der Waals surface area contributed by atoms with Gasteiger partial charge in [0, 0.05) is 13.0 Å². The molecule has 5 unspecified atom stereocenters. The summed E-state index contributed by atoms with van der Waals surface area (Å²) in [5, 5.41) is 30.2. The lowest BCUT2D eigenvalue weighted by Crippen LogP contribution is -2.60. The molecule has 0 amide bonds. The lowest BCUT2D eigenvalue weighted by atomic mass is 9.90. The van der Waals surface area contributed by atoms with Crippen LogP contribution in [0.4, 0.5) is 0 Å². The number of rotatable bonds is 6. The zero-order chi connectivity index (χ0) is 19.9. The van der Waals surface area contributed by atoms with E-state index in [1.165, 1.54) is 14.0 Å². The van der Waals surface area contributed by atoms with E-state index in [1.54, 1.807) is 0 Å². The van der Waals surface area contributed by atoms with E-state index in [1.807, 2.05) is 0 Å². The minimum absolute atomic E-state index is 0.141. The van der Waals surface area contributed by atoms with Gasteiger partial charge >= 0.3 is 10.4 Å². The van der Waals surface area contributed by atoms with Gasteiger partial charge in [-0.05, 0) is 0 Å². The quantitative estimate of drug-likeness (QED) is 0.334. The standard InChI is InChI=1S/C14H24O12S/c1-5-8(16)14(23-6(3-15)10(5)26-27(18,19)20)25-11-7-4-22-12(11)9(17)13(21-2)24-7/h5-17H,3-4H2,1-2H3,(H,18,19,20)/t5?,6?,7?,8?,9-,10+,11-,12?,13-,14-/m0/s1. The Morgan fingerprint density at radius 2 is 1.81 bits per heavy atom. The number of hydrogen-bond acceptors (Lipinski definition) is 11. The van der Waals surface area contributed by atoms with E-state index in [0.29, 0.717) is 0 Å². The highest BCUT2D eigenvalue weighted by Crippen LogP contribution is 2.36. The van der Waals surface area contributed by atoms with Crippen LogP contribution in [0.25, 0.3) is 0 Å². The molecule has 0 aromatic rings. The van der Waals surface area contributed by atoms with Gasteiger partial charge in [-0.3, -0.25) is 4.55 Å². The van der Waals surface area contributed by atoms with Crippen molar-refractivity contribution in [1.29, 1.82) is 0 Å². The Labute approximate surface area is 155 Å². The minimum Gasteiger partial charge on any atom is -0.394 e. The Hall–Kier alpha value is -0.450. The first kappa shape index (κ1) is 21.3. The molecule has 3 saturated heterocycles. The van der Waals surface area contributed by atoms with Crippen LogP contribution >= 0.6 is 0 Å². The Morgan fingerprint density at radius 3 is 2.41 bits per heavy atom. The molecule has 0 radical (unpaired) electrons. The predicted molar refractivity (Wildman–Crippen MR) is 83.6 cm³/mol. The van der Waals surface area contributed by atoms with Crippen molar-refractivity contribution in [3.8, 4) is 0 Å². The molecule has 4 N–H and O–H groups in total. The van der Waals surface area contributed by atoms with Crippen molar-refractivity contribution in [2.24, 2.45) is 5.92 Å². The van der Waals surface area contributed by atoms with Crippen molar-refractivity contribution in [3.63, 3.8) is 0 Å². The van der Waals surface area contributed by atoms with Crippen LogP contribution in [0.1, 0.15) is 6.92 Å². The maximum absolute atomic E-state index is 11.0. The molecule has 3 aliphatic rings. The van der Waals surface area contributed by atoms with Gasteiger partial charge in [0.15, 0.2) is 12.6 Å². The Morgan fingerprint density at radius 1 is 1.11 bits per heavy atom. The fourth-order valence-electron chi connectivity index (χ4n) is 3.60. The largest absolute Gasteiger partial charge is 0.397 e. The number of aliphatic hydroxyl groups is 3. The molecule has 0 saturated carbocycles. The van der Waals surface area contributed by atoms with Crippen LogP contribution in [-0.2, 0) is 38.3 Å². The molecular formula is C14H24O12S. The maximum atomic E-state index is 11.0. The number of methoxy groups -OCH3 is 1. The summed E-state index contributed by atoms with van der Waals surface area (Å²) in [6.07, 6.45) is -9.27. The third-order valence-corrected chi connectivity index (χ3v) is 5.48. The average Bonchev–Trinajstić information content (AvgIpc) is 2.91. The van der Waals surface area contributed by atoms with Crippen molar-refractivity contribution < 1.29 is 56.2 Å². The molecule has 2 bridgehead atoms. The van der Waals surface area contributed by atoms with Gasteiger partial charge in [-0.15, -0.1) is 0 Å². The highest BCUT2D eigenvalue weighted by molar-refractivity contribution is 7.80. The summed E-state index contributed by atoms with van der Waals surface area (Å²) in [7, 11) is -3.44. The topological polar surface area (TPSA) is 170 Å². The molecule has 12 nitrogen and oxygen atoms in total. The molecule has 0 aromatic carbocycles. The van der Waals surface area contributed by atoms with Gasteiger partial charge in [-0.25, -0.2) is 4.18 Å². The van der Waals surface area contributed by atoms with Crippen LogP contribution in [0.5, 0.6) is 0 Å². The van der Waals surface area contributed by atoms with E-state index < -0.39 is 78.2 Å². The summed E-state index contributed by atoms with van der Waals surface area (Å²) >= 11 is 0. The SMILES string of the molecule is CO[C@H]1OC2COC([C@H]2O[C@@H]2OC(CO)[C@H](OS(=O)(=O)O)C(C)C2O)[C@@H]1O. The normalized spacial score (nSPS) is 47.9. The molecule has 158 valence electrons. The van der Waals surface area contributed by atoms with Crippen LogP contribution < -0.4 is 0 Å². The number of fused-ring (bicyclic) bond motifs is 2. The molecule has 3 fully saturated rings. The predicted octanol–water partition coefficient (Wildman–Crippen LogP) is -2.60. The highest BCUT2D eigenvalue weighted by Gasteiger charge is 2.55. The van der Waals surface area contributed by atoms with Crippen molar-refractivity contribution in [1.82, 2.24) is 0 Å². The molecule has 0 spiro atoms. The summed E-state index contributed by atoms with van der Waals surface area (Å²) < 4.78 is 62.7. The summed E-state index contributed by atoms with van der Waals surface area (Å²) in [6.45, 7) is 0.957. The number of ether oxygens (including phenoxy) is 5. The smallest absolute Gasteiger partial charge is 0.394 e. The average molecular weight is 416 g/mol. The second-order valence-electron chi connectivity index (χ2n) is 6.73. The first-order valence-electron chi connectivity index (χ1n) is 8.39. The first-order chi connectivity index (χ1) is 12.7. The molecule has 10 atom stereocenters. The van der Waals surface area contributed by atoms with Gasteiger partial charge in [0.1, 0.15) is 42.7 Å². The van der Waals surface area contributed by atoms with Gasteiger partial charge in [0.25, 0.3) is 0 Å². The van der Waals surface area contributed by atoms with Crippen LogP contribution in [0.3, 0.4) is 0 Å². The molecule has 0 aromatic heterocycles. The third-order valence-electron chi connectivity index (χ3n) is 5.01. The fraction of sp³-hybridized carbons (Fsp3) is 1.00. The third kappa shape index (κ3) is 4.28. The molecular weight excluding hydrogens is 392 g/mol. The highest BCUT2D eigenvalue weighted by atomic mass is 32.3. The van der Waals surface area contributed by atoms with Crippen LogP contribution in [0.2, 0.25) is 0 Å². The Balaban J connectivity index is 1.71. The second kappa shape index (κ2) is 8.12. The zero-order valence-corrected chi connectivity index (χ0v) is 15.5. The summed E-state index contributed by atoms with van der Waals surface area (Å²) in [6, 6.07) is 0. The molecule has 27 heavy (non-hydrogen) atoms. The van der Waals surface area contributed by atoms with E-state index in [4.69, 9.17) is 28.2 Å². The van der Waals surface area contributed by atoms with Crippen LogP contribution in [-0.4, -0.2) is 104 Å². The van der Waals surface area contributed by atoms with Gasteiger partial charge in [0.2, 0.25) is 0 Å². The number of aliphatic hydroxyl groups excluding tert-OH is 3. The summed E-state index contributed by atoms with van der Waals surface area (Å²) in [5.74, 6) is -0.873. The minimum atomic E-state index is -4.82. The lowest BCUT2D eigenvalue weighted by molar-refractivity contribution is -0.329. The van der Waals surface area contributed by atoms with Crippen molar-refractivity contribution in [2.45, 2.75) is 62.2 Å². The maximum Gasteiger partial charge on any atom is 0.397 e. The van der Waals surface area contributed by atoms with E-state index in [0.717, 1.165) is 0 Å². The van der Waals surface area contributed by atoms with Gasteiger partial charge in [-0.1, -0.05) is 6.92 Å². The van der Waals surface area contributed by atoms with E-state index >= 15 is 0 Å². The monoisotopic (exact) mass is 416 g/mol. The number of hydrogen-bond donors (Lipinski definition) is 4. The van der Waals surface area contributed by atoms with E-state index in [9.17, 15) is 23.7 Å². The first-order valence-corrected chi connectivity index (χ1v) is 9.76. The second-order valence-corrected chi connectivity index (χ2v) is 7.78. The van der Waals surface area contributed by atoms with Crippen molar-refractivity contribution >= 4 is 10.4 Å². The van der Waals surface area contributed by atoms with Crippen LogP contribution in [0, 0.1) is 5.92 Å². The molecule has 0 aliphatic carbocycles. The van der Waals surface area contributed by atoms with Gasteiger partial charge in [-0.2, -0.15) is 8.42 Å². The fourth-order valence-corrected chi connectivity index (χ4v) is 4.18. The van der Waals surface area contributed by atoms with E-state index in [2.05, 4.69) is 4.18 Å². The Bertz CT molecular complexity index is 611. The Kier molecular flexibility index (Phi) is 6.39. The lowest BCUT2D eigenvalue weighted by Gasteiger charge is -2.44. The summed E-state index contributed by atoms with van der Waals surface area (Å²) in [4.78, 5) is 0. The van der Waals surface area contributed by atoms with Gasteiger partial charge < -0.3 is 39.0 Å². The molecule has 3 rings (SSSR count). The molecule has 3 heterocycles. The van der Waals surface area contributed by atoms with Crippen molar-refractivity contribution in [2.75, 3.05) is 20.3 Å². The van der Waals surface area contributed by atoms with Crippen LogP contribution in [0.15, 0.2) is 0 Å². The summed E-state index contributed by atoms with van der Waals surface area (Å²) in [5.41, 5.74) is 0. The zero-order valence-electron chi connectivity index (χ0n) is 14.7. The van der Waals surface area contributed by atoms with Crippen molar-refractivity contribution in [3.05, 3.63) is 0 Å². The van der Waals surface area contributed by atoms with E-state index in [-0.39, 0.29) is 6.61 Å². The molecule has 13 heteroatoms.